The summed E-state index contributed by atoms with van der Waals surface area (Å²) in [5.74, 6) is -1.09. The molecular formula is C21H17FN2O2S2. The number of hydrogen-bond acceptors (Lipinski definition) is 4. The lowest BCUT2D eigenvalue weighted by molar-refractivity contribution is -0.126. The third-order valence-electron chi connectivity index (χ3n) is 3.86. The first-order valence-electron chi connectivity index (χ1n) is 8.46. The summed E-state index contributed by atoms with van der Waals surface area (Å²) in [6.07, 6.45) is 3.73. The van der Waals surface area contributed by atoms with Crippen LogP contribution >= 0.6 is 24.0 Å². The van der Waals surface area contributed by atoms with Gasteiger partial charge < -0.3 is 5.32 Å². The van der Waals surface area contributed by atoms with E-state index in [4.69, 9.17) is 12.2 Å². The molecule has 2 amide bonds. The van der Waals surface area contributed by atoms with E-state index in [0.29, 0.717) is 14.9 Å². The number of rotatable bonds is 5. The van der Waals surface area contributed by atoms with Crippen molar-refractivity contribution < 1.29 is 14.0 Å². The molecule has 0 spiro atoms. The molecule has 4 nitrogen and oxygen atoms in total. The summed E-state index contributed by atoms with van der Waals surface area (Å²) in [5, 5.41) is 2.63. The Morgan fingerprint density at radius 3 is 2.54 bits per heavy atom. The van der Waals surface area contributed by atoms with Crippen LogP contribution < -0.4 is 5.32 Å². The summed E-state index contributed by atoms with van der Waals surface area (Å²) in [4.78, 5) is 26.6. The van der Waals surface area contributed by atoms with Gasteiger partial charge in [-0.2, -0.15) is 0 Å². The van der Waals surface area contributed by atoms with Gasteiger partial charge in [-0.3, -0.25) is 14.5 Å². The zero-order valence-electron chi connectivity index (χ0n) is 15.0. The molecule has 0 bridgehead atoms. The van der Waals surface area contributed by atoms with Gasteiger partial charge in [0.15, 0.2) is 0 Å². The van der Waals surface area contributed by atoms with E-state index in [0.717, 1.165) is 11.1 Å². The number of anilines is 1. The van der Waals surface area contributed by atoms with E-state index in [1.54, 1.807) is 6.08 Å². The average Bonchev–Trinajstić information content (AvgIpc) is 2.91. The number of thioether (sulfide) groups is 1. The molecule has 2 aromatic rings. The van der Waals surface area contributed by atoms with E-state index in [2.05, 4.69) is 5.32 Å². The molecule has 1 aliphatic rings. The number of benzene rings is 2. The Morgan fingerprint density at radius 2 is 1.86 bits per heavy atom. The number of thiocarbonyl (C=S) groups is 1. The highest BCUT2D eigenvalue weighted by atomic mass is 32.2. The van der Waals surface area contributed by atoms with Crippen molar-refractivity contribution in [2.24, 2.45) is 0 Å². The Hall–Kier alpha value is -2.77. The van der Waals surface area contributed by atoms with Crippen LogP contribution in [0, 0.1) is 5.82 Å². The van der Waals surface area contributed by atoms with Crippen LogP contribution in [0.1, 0.15) is 12.5 Å². The standard InChI is InChI=1S/C21H17FN2O2S2/c1-14(11-15-5-3-2-4-6-15)12-18-20(26)24(21(27)28-18)13-19(25)23-17-9-7-16(22)8-10-17/h2-12H,13H2,1H3,(H,23,25)/b14-11?,18-12+. The van der Waals surface area contributed by atoms with Gasteiger partial charge >= 0.3 is 0 Å². The van der Waals surface area contributed by atoms with E-state index >= 15 is 0 Å². The number of nitrogens with one attached hydrogen (secondary N) is 1. The van der Waals surface area contributed by atoms with Gasteiger partial charge in [-0.05, 0) is 48.4 Å². The maximum absolute atomic E-state index is 12.9. The van der Waals surface area contributed by atoms with Crippen molar-refractivity contribution in [2.75, 3.05) is 11.9 Å². The van der Waals surface area contributed by atoms with Crippen molar-refractivity contribution >= 4 is 51.9 Å². The molecule has 0 aromatic heterocycles. The number of nitrogens with zero attached hydrogens (tertiary/aromatic N) is 1. The fraction of sp³-hybridized carbons (Fsp3) is 0.0952. The second-order valence-electron chi connectivity index (χ2n) is 6.12. The first-order chi connectivity index (χ1) is 13.4. The molecule has 0 aliphatic carbocycles. The first kappa shape index (κ1) is 20.0. The lowest BCUT2D eigenvalue weighted by Crippen LogP contribution is -2.36. The molecular weight excluding hydrogens is 395 g/mol. The van der Waals surface area contributed by atoms with Gasteiger partial charge in [0.2, 0.25) is 5.91 Å². The van der Waals surface area contributed by atoms with E-state index in [-0.39, 0.29) is 18.3 Å². The van der Waals surface area contributed by atoms with Crippen LogP contribution in [0.3, 0.4) is 0 Å². The van der Waals surface area contributed by atoms with E-state index < -0.39 is 5.91 Å². The Bertz CT molecular complexity index is 970. The van der Waals surface area contributed by atoms with Gasteiger partial charge in [0, 0.05) is 5.69 Å². The van der Waals surface area contributed by atoms with Crippen LogP contribution in [0.5, 0.6) is 0 Å². The number of carbonyl (C=O) groups excluding carboxylic acids is 2. The van der Waals surface area contributed by atoms with Crippen molar-refractivity contribution in [3.8, 4) is 0 Å². The Morgan fingerprint density at radius 1 is 1.18 bits per heavy atom. The van der Waals surface area contributed by atoms with Crippen LogP contribution in [-0.2, 0) is 9.59 Å². The number of carbonyl (C=O) groups is 2. The molecule has 7 heteroatoms. The summed E-state index contributed by atoms with van der Waals surface area (Å²) in [6, 6.07) is 15.2. The normalized spacial score (nSPS) is 16.0. The first-order valence-corrected chi connectivity index (χ1v) is 9.69. The molecule has 2 aromatic carbocycles. The molecule has 28 heavy (non-hydrogen) atoms. The lowest BCUT2D eigenvalue weighted by Gasteiger charge is -2.14. The SMILES string of the molecule is CC(=Cc1ccccc1)/C=C1/SC(=S)N(CC(=O)Nc2ccc(F)cc2)C1=O. The summed E-state index contributed by atoms with van der Waals surface area (Å²) in [7, 11) is 0. The highest BCUT2D eigenvalue weighted by Gasteiger charge is 2.33. The predicted molar refractivity (Wildman–Crippen MR) is 115 cm³/mol. The third kappa shape index (κ3) is 5.15. The maximum Gasteiger partial charge on any atom is 0.266 e. The van der Waals surface area contributed by atoms with Crippen LogP contribution in [0.2, 0.25) is 0 Å². The molecule has 1 aliphatic heterocycles. The maximum atomic E-state index is 12.9. The van der Waals surface area contributed by atoms with Crippen molar-refractivity contribution in [1.29, 1.82) is 0 Å². The van der Waals surface area contributed by atoms with Gasteiger partial charge in [-0.15, -0.1) is 0 Å². The predicted octanol–water partition coefficient (Wildman–Crippen LogP) is 4.61. The Labute approximate surface area is 172 Å². The number of halogens is 1. The van der Waals surface area contributed by atoms with Gasteiger partial charge in [0.05, 0.1) is 4.91 Å². The fourth-order valence-corrected chi connectivity index (χ4v) is 3.88. The zero-order valence-corrected chi connectivity index (χ0v) is 16.6. The summed E-state index contributed by atoms with van der Waals surface area (Å²) < 4.78 is 13.3. The highest BCUT2D eigenvalue weighted by molar-refractivity contribution is 8.26. The Balaban J connectivity index is 1.66. The second kappa shape index (κ2) is 8.95. The number of amides is 2. The fourth-order valence-electron chi connectivity index (χ4n) is 2.57. The molecule has 0 atom stereocenters. The zero-order chi connectivity index (χ0) is 20.1. The summed E-state index contributed by atoms with van der Waals surface area (Å²) in [6.45, 7) is 1.71. The minimum absolute atomic E-state index is 0.194. The van der Waals surface area contributed by atoms with Crippen molar-refractivity contribution in [2.45, 2.75) is 6.92 Å². The topological polar surface area (TPSA) is 49.4 Å². The molecule has 3 rings (SSSR count). The van der Waals surface area contributed by atoms with Crippen molar-refractivity contribution in [3.63, 3.8) is 0 Å². The molecule has 1 fully saturated rings. The average molecular weight is 413 g/mol. The molecule has 1 heterocycles. The van der Waals surface area contributed by atoms with Crippen molar-refractivity contribution in [3.05, 3.63) is 82.5 Å². The molecule has 1 saturated heterocycles. The van der Waals surface area contributed by atoms with Gasteiger partial charge in [-0.1, -0.05) is 60.4 Å². The summed E-state index contributed by atoms with van der Waals surface area (Å²) >= 11 is 6.42. The number of allylic oxidation sites excluding steroid dienone is 2. The molecule has 142 valence electrons. The van der Waals surface area contributed by atoms with E-state index in [1.807, 2.05) is 43.3 Å². The van der Waals surface area contributed by atoms with Gasteiger partial charge in [-0.25, -0.2) is 4.39 Å². The van der Waals surface area contributed by atoms with E-state index in [1.165, 1.54) is 40.9 Å². The molecule has 0 saturated carbocycles. The lowest BCUT2D eigenvalue weighted by atomic mass is 10.1. The van der Waals surface area contributed by atoms with Crippen LogP contribution in [0.4, 0.5) is 10.1 Å². The highest BCUT2D eigenvalue weighted by Crippen LogP contribution is 2.32. The van der Waals surface area contributed by atoms with Crippen molar-refractivity contribution in [1.82, 2.24) is 4.90 Å². The second-order valence-corrected chi connectivity index (χ2v) is 7.80. The monoisotopic (exact) mass is 412 g/mol. The summed E-state index contributed by atoms with van der Waals surface area (Å²) in [5.41, 5.74) is 2.39. The van der Waals surface area contributed by atoms with E-state index in [9.17, 15) is 14.0 Å². The molecule has 0 unspecified atom stereocenters. The van der Waals surface area contributed by atoms with Crippen LogP contribution in [-0.4, -0.2) is 27.6 Å². The van der Waals surface area contributed by atoms with Crippen LogP contribution in [0.15, 0.2) is 71.2 Å². The quantitative estimate of drug-likeness (QED) is 0.575. The minimum Gasteiger partial charge on any atom is -0.325 e. The Kier molecular flexibility index (Phi) is 6.38. The third-order valence-corrected chi connectivity index (χ3v) is 5.23. The molecule has 0 radical (unpaired) electrons. The smallest absolute Gasteiger partial charge is 0.266 e. The van der Waals surface area contributed by atoms with Gasteiger partial charge in [0.25, 0.3) is 5.91 Å². The minimum atomic E-state index is -0.402. The van der Waals surface area contributed by atoms with Crippen LogP contribution in [0.25, 0.3) is 6.08 Å². The number of hydrogen-bond donors (Lipinski definition) is 1. The largest absolute Gasteiger partial charge is 0.325 e. The van der Waals surface area contributed by atoms with Gasteiger partial charge in [0.1, 0.15) is 16.7 Å². The molecule has 1 N–H and O–H groups in total.